The third kappa shape index (κ3) is 2.41. The molecular formula is C12H14N4. The van der Waals surface area contributed by atoms with Gasteiger partial charge in [0.25, 0.3) is 0 Å². The van der Waals surface area contributed by atoms with Crippen LogP contribution < -0.4 is 5.32 Å². The van der Waals surface area contributed by atoms with Gasteiger partial charge in [0.2, 0.25) is 0 Å². The maximum Gasteiger partial charge on any atom is 0.178 e. The maximum atomic E-state index is 4.44. The Balaban J connectivity index is 2.36. The van der Waals surface area contributed by atoms with Crippen molar-refractivity contribution in [2.24, 2.45) is 0 Å². The Bertz CT molecular complexity index is 482. The van der Waals surface area contributed by atoms with Crippen LogP contribution in [0.2, 0.25) is 0 Å². The molecule has 0 saturated heterocycles. The molecule has 0 atom stereocenters. The zero-order chi connectivity index (χ0) is 11.4. The third-order valence-electron chi connectivity index (χ3n) is 2.22. The van der Waals surface area contributed by atoms with Crippen molar-refractivity contribution in [1.29, 1.82) is 0 Å². The highest BCUT2D eigenvalue weighted by Crippen LogP contribution is 2.12. The van der Waals surface area contributed by atoms with Gasteiger partial charge >= 0.3 is 0 Å². The predicted octanol–water partition coefficient (Wildman–Crippen LogP) is 1.57. The van der Waals surface area contributed by atoms with Gasteiger partial charge in [0.1, 0.15) is 5.69 Å². The van der Waals surface area contributed by atoms with Crippen molar-refractivity contribution < 1.29 is 0 Å². The van der Waals surface area contributed by atoms with Crippen molar-refractivity contribution in [3.63, 3.8) is 0 Å². The topological polar surface area (TPSA) is 50.7 Å². The van der Waals surface area contributed by atoms with E-state index in [1.54, 1.807) is 12.4 Å². The lowest BCUT2D eigenvalue weighted by Gasteiger charge is -2.03. The zero-order valence-electron chi connectivity index (χ0n) is 9.44. The van der Waals surface area contributed by atoms with E-state index in [-0.39, 0.29) is 0 Å². The van der Waals surface area contributed by atoms with Gasteiger partial charge in [-0.25, -0.2) is 9.97 Å². The van der Waals surface area contributed by atoms with Gasteiger partial charge in [0.15, 0.2) is 5.82 Å². The van der Waals surface area contributed by atoms with Crippen LogP contribution in [0.4, 0.5) is 0 Å². The van der Waals surface area contributed by atoms with Crippen molar-refractivity contribution in [1.82, 2.24) is 20.3 Å². The molecule has 0 saturated carbocycles. The van der Waals surface area contributed by atoms with Crippen molar-refractivity contribution in [2.75, 3.05) is 7.05 Å². The van der Waals surface area contributed by atoms with Crippen molar-refractivity contribution in [2.45, 2.75) is 13.5 Å². The first kappa shape index (κ1) is 10.7. The Labute approximate surface area is 94.8 Å². The molecule has 2 heterocycles. The Kier molecular flexibility index (Phi) is 3.22. The summed E-state index contributed by atoms with van der Waals surface area (Å²) >= 11 is 0. The molecule has 0 spiro atoms. The summed E-state index contributed by atoms with van der Waals surface area (Å²) in [5, 5.41) is 3.06. The van der Waals surface area contributed by atoms with Gasteiger partial charge in [-0.3, -0.25) is 4.98 Å². The highest BCUT2D eigenvalue weighted by Gasteiger charge is 2.03. The molecule has 0 fully saturated rings. The van der Waals surface area contributed by atoms with Crippen LogP contribution in [0.25, 0.3) is 11.5 Å². The SMILES string of the molecule is CNCc1ccnc(-c2cc(C)ccn2)n1. The second-order valence-electron chi connectivity index (χ2n) is 3.62. The molecule has 0 amide bonds. The largest absolute Gasteiger partial charge is 0.314 e. The van der Waals surface area contributed by atoms with Crippen molar-refractivity contribution >= 4 is 0 Å². The Morgan fingerprint density at radius 2 is 2.00 bits per heavy atom. The van der Waals surface area contributed by atoms with E-state index in [1.807, 2.05) is 32.2 Å². The Hall–Kier alpha value is -1.81. The molecule has 0 aliphatic carbocycles. The van der Waals surface area contributed by atoms with Gasteiger partial charge in [0, 0.05) is 18.9 Å². The molecule has 0 aliphatic rings. The molecule has 1 N–H and O–H groups in total. The molecule has 2 aromatic heterocycles. The Morgan fingerprint density at radius 3 is 2.75 bits per heavy atom. The van der Waals surface area contributed by atoms with Crippen LogP contribution in [0.15, 0.2) is 30.6 Å². The monoisotopic (exact) mass is 214 g/mol. The molecule has 16 heavy (non-hydrogen) atoms. The van der Waals surface area contributed by atoms with Crippen LogP contribution >= 0.6 is 0 Å². The predicted molar refractivity (Wildman–Crippen MR) is 62.8 cm³/mol. The molecule has 0 radical (unpaired) electrons. The number of hydrogen-bond acceptors (Lipinski definition) is 4. The highest BCUT2D eigenvalue weighted by atomic mass is 14.9. The molecular weight excluding hydrogens is 200 g/mol. The van der Waals surface area contributed by atoms with E-state index in [2.05, 4.69) is 20.3 Å². The van der Waals surface area contributed by atoms with E-state index in [0.717, 1.165) is 23.5 Å². The summed E-state index contributed by atoms with van der Waals surface area (Å²) in [5.41, 5.74) is 2.95. The summed E-state index contributed by atoms with van der Waals surface area (Å²) in [4.78, 5) is 12.9. The summed E-state index contributed by atoms with van der Waals surface area (Å²) in [6, 6.07) is 5.84. The molecule has 0 bridgehead atoms. The smallest absolute Gasteiger partial charge is 0.178 e. The van der Waals surface area contributed by atoms with Crippen LogP contribution in [0.1, 0.15) is 11.3 Å². The third-order valence-corrected chi connectivity index (χ3v) is 2.22. The van der Waals surface area contributed by atoms with Gasteiger partial charge < -0.3 is 5.32 Å². The van der Waals surface area contributed by atoms with Crippen LogP contribution in [-0.4, -0.2) is 22.0 Å². The summed E-state index contributed by atoms with van der Waals surface area (Å²) in [6.45, 7) is 2.77. The molecule has 2 rings (SSSR count). The number of nitrogens with one attached hydrogen (secondary N) is 1. The molecule has 0 aromatic carbocycles. The van der Waals surface area contributed by atoms with Crippen molar-refractivity contribution in [3.8, 4) is 11.5 Å². The molecule has 2 aromatic rings. The summed E-state index contributed by atoms with van der Waals surface area (Å²) < 4.78 is 0. The lowest BCUT2D eigenvalue weighted by atomic mass is 10.2. The van der Waals surface area contributed by atoms with Gasteiger partial charge in [0.05, 0.1) is 5.69 Å². The van der Waals surface area contributed by atoms with E-state index in [1.165, 1.54) is 0 Å². The number of pyridine rings is 1. The fourth-order valence-electron chi connectivity index (χ4n) is 1.46. The van der Waals surface area contributed by atoms with Crippen molar-refractivity contribution in [3.05, 3.63) is 41.9 Å². The quantitative estimate of drug-likeness (QED) is 0.842. The normalized spacial score (nSPS) is 10.4. The average Bonchev–Trinajstić information content (AvgIpc) is 2.30. The molecule has 82 valence electrons. The number of rotatable bonds is 3. The van der Waals surface area contributed by atoms with Gasteiger partial charge in [-0.1, -0.05) is 0 Å². The minimum absolute atomic E-state index is 0.677. The van der Waals surface area contributed by atoms with Gasteiger partial charge in [-0.15, -0.1) is 0 Å². The lowest BCUT2D eigenvalue weighted by molar-refractivity contribution is 0.787. The van der Waals surface area contributed by atoms with Crippen LogP contribution in [0, 0.1) is 6.92 Å². The second-order valence-corrected chi connectivity index (χ2v) is 3.62. The standard InChI is InChI=1S/C12H14N4/c1-9-3-5-14-11(7-9)12-15-6-4-10(16-12)8-13-2/h3-7,13H,8H2,1-2H3. The molecule has 4 heteroatoms. The highest BCUT2D eigenvalue weighted by molar-refractivity contribution is 5.49. The number of aromatic nitrogens is 3. The first-order chi connectivity index (χ1) is 7.79. The van der Waals surface area contributed by atoms with E-state index in [4.69, 9.17) is 0 Å². The second kappa shape index (κ2) is 4.81. The van der Waals surface area contributed by atoms with E-state index >= 15 is 0 Å². The maximum absolute atomic E-state index is 4.44. The minimum Gasteiger partial charge on any atom is -0.314 e. The van der Waals surface area contributed by atoms with Crippen LogP contribution in [-0.2, 0) is 6.54 Å². The summed E-state index contributed by atoms with van der Waals surface area (Å²) in [5.74, 6) is 0.677. The number of hydrogen-bond donors (Lipinski definition) is 1. The first-order valence-corrected chi connectivity index (χ1v) is 5.19. The average molecular weight is 214 g/mol. The number of aryl methyl sites for hydroxylation is 1. The fourth-order valence-corrected chi connectivity index (χ4v) is 1.46. The fraction of sp³-hybridized carbons (Fsp3) is 0.250. The zero-order valence-corrected chi connectivity index (χ0v) is 9.44. The Morgan fingerprint density at radius 1 is 1.19 bits per heavy atom. The summed E-state index contributed by atoms with van der Waals surface area (Å²) in [7, 11) is 1.90. The lowest BCUT2D eigenvalue weighted by Crippen LogP contribution is -2.07. The first-order valence-electron chi connectivity index (χ1n) is 5.19. The number of nitrogens with zero attached hydrogens (tertiary/aromatic N) is 3. The molecule has 0 aliphatic heterocycles. The molecule has 4 nitrogen and oxygen atoms in total. The molecule has 0 unspecified atom stereocenters. The van der Waals surface area contributed by atoms with Gasteiger partial charge in [-0.05, 0) is 37.7 Å². The minimum atomic E-state index is 0.677. The van der Waals surface area contributed by atoms with E-state index in [0.29, 0.717) is 5.82 Å². The van der Waals surface area contributed by atoms with Crippen LogP contribution in [0.5, 0.6) is 0 Å². The summed E-state index contributed by atoms with van der Waals surface area (Å²) in [6.07, 6.45) is 3.54. The van der Waals surface area contributed by atoms with E-state index in [9.17, 15) is 0 Å². The van der Waals surface area contributed by atoms with Crippen LogP contribution in [0.3, 0.4) is 0 Å². The van der Waals surface area contributed by atoms with Gasteiger partial charge in [-0.2, -0.15) is 0 Å². The van der Waals surface area contributed by atoms with E-state index < -0.39 is 0 Å².